The first-order chi connectivity index (χ1) is 10.5. The molecule has 0 aromatic carbocycles. The van der Waals surface area contributed by atoms with Crippen molar-refractivity contribution in [3.63, 3.8) is 0 Å². The molecule has 0 aliphatic carbocycles. The summed E-state index contributed by atoms with van der Waals surface area (Å²) in [5.74, 6) is 0.633. The van der Waals surface area contributed by atoms with Gasteiger partial charge in [0.15, 0.2) is 0 Å². The molecular weight excluding hydrogens is 340 g/mol. The van der Waals surface area contributed by atoms with Crippen molar-refractivity contribution in [1.82, 2.24) is 9.62 Å². The molecule has 1 N–H and O–H groups in total. The van der Waals surface area contributed by atoms with Crippen LogP contribution in [0.2, 0.25) is 0 Å². The SMILES string of the molecule is CCS(=O)(=O)NC(CCSC)C(=O)N1CCc2sccc2C1. The molecule has 1 amide bonds. The lowest BCUT2D eigenvalue weighted by atomic mass is 10.1. The van der Waals surface area contributed by atoms with Crippen LogP contribution >= 0.6 is 23.1 Å². The molecule has 1 unspecified atom stereocenters. The van der Waals surface area contributed by atoms with Crippen LogP contribution in [0.1, 0.15) is 23.8 Å². The molecule has 0 saturated carbocycles. The van der Waals surface area contributed by atoms with E-state index < -0.39 is 16.1 Å². The summed E-state index contributed by atoms with van der Waals surface area (Å²) in [6, 6.07) is 1.39. The molecule has 1 aliphatic heterocycles. The second-order valence-corrected chi connectivity index (χ2v) is 9.26. The first-order valence-electron chi connectivity index (χ1n) is 7.29. The highest BCUT2D eigenvalue weighted by Crippen LogP contribution is 2.24. The zero-order chi connectivity index (χ0) is 16.2. The molecule has 124 valence electrons. The highest BCUT2D eigenvalue weighted by atomic mass is 32.2. The molecule has 0 radical (unpaired) electrons. The van der Waals surface area contributed by atoms with Crippen molar-refractivity contribution in [3.05, 3.63) is 21.9 Å². The maximum absolute atomic E-state index is 12.7. The number of hydrogen-bond acceptors (Lipinski definition) is 5. The van der Waals surface area contributed by atoms with E-state index in [-0.39, 0.29) is 11.7 Å². The highest BCUT2D eigenvalue weighted by Gasteiger charge is 2.29. The van der Waals surface area contributed by atoms with E-state index in [0.29, 0.717) is 19.5 Å². The van der Waals surface area contributed by atoms with Crippen LogP contribution in [0.4, 0.5) is 0 Å². The fourth-order valence-electron chi connectivity index (χ4n) is 2.43. The van der Waals surface area contributed by atoms with Crippen molar-refractivity contribution in [2.24, 2.45) is 0 Å². The van der Waals surface area contributed by atoms with E-state index in [1.54, 1.807) is 34.9 Å². The lowest BCUT2D eigenvalue weighted by Crippen LogP contribution is -2.50. The molecule has 0 fully saturated rings. The molecule has 5 nitrogen and oxygen atoms in total. The van der Waals surface area contributed by atoms with Crippen LogP contribution in [-0.2, 0) is 27.8 Å². The van der Waals surface area contributed by atoms with Crippen LogP contribution in [-0.4, -0.2) is 49.6 Å². The quantitative estimate of drug-likeness (QED) is 0.802. The fourth-order valence-corrected chi connectivity index (χ4v) is 4.61. The molecule has 2 rings (SSSR count). The maximum atomic E-state index is 12.7. The van der Waals surface area contributed by atoms with Crippen molar-refractivity contribution in [3.8, 4) is 0 Å². The average Bonchev–Trinajstić information content (AvgIpc) is 2.98. The maximum Gasteiger partial charge on any atom is 0.241 e. The number of hydrogen-bond donors (Lipinski definition) is 1. The molecule has 8 heteroatoms. The lowest BCUT2D eigenvalue weighted by molar-refractivity contribution is -0.133. The number of carbonyl (C=O) groups is 1. The van der Waals surface area contributed by atoms with Gasteiger partial charge in [-0.15, -0.1) is 11.3 Å². The standard InChI is InChI=1S/C14H22N2O3S3/c1-3-22(18,19)15-12(6-8-20-2)14(17)16-7-4-13-11(10-16)5-9-21-13/h5,9,12,15H,3-4,6-8,10H2,1-2H3. The minimum Gasteiger partial charge on any atom is -0.337 e. The molecule has 0 spiro atoms. The van der Waals surface area contributed by atoms with E-state index in [1.807, 2.05) is 17.7 Å². The van der Waals surface area contributed by atoms with Crippen LogP contribution < -0.4 is 4.72 Å². The summed E-state index contributed by atoms with van der Waals surface area (Å²) in [5, 5.41) is 2.05. The van der Waals surface area contributed by atoms with Gasteiger partial charge in [-0.05, 0) is 48.8 Å². The third-order valence-electron chi connectivity index (χ3n) is 3.73. The summed E-state index contributed by atoms with van der Waals surface area (Å²) in [5.41, 5.74) is 1.19. The number of amides is 1. The monoisotopic (exact) mass is 362 g/mol. The zero-order valence-electron chi connectivity index (χ0n) is 12.9. The minimum absolute atomic E-state index is 0.00920. The molecule has 0 saturated heterocycles. The first kappa shape index (κ1) is 17.8. The Bertz CT molecular complexity index is 613. The average molecular weight is 363 g/mol. The third kappa shape index (κ3) is 4.47. The smallest absolute Gasteiger partial charge is 0.241 e. The fraction of sp³-hybridized carbons (Fsp3) is 0.643. The van der Waals surface area contributed by atoms with Gasteiger partial charge >= 0.3 is 0 Å². The normalized spacial score (nSPS) is 16.4. The Morgan fingerprint density at radius 3 is 3.00 bits per heavy atom. The van der Waals surface area contributed by atoms with E-state index in [9.17, 15) is 13.2 Å². The summed E-state index contributed by atoms with van der Waals surface area (Å²) in [6.45, 7) is 2.83. The Kier molecular flexibility index (Phi) is 6.31. The van der Waals surface area contributed by atoms with Crippen molar-refractivity contribution in [2.45, 2.75) is 32.4 Å². The van der Waals surface area contributed by atoms with Gasteiger partial charge in [-0.3, -0.25) is 4.79 Å². The number of carbonyl (C=O) groups excluding carboxylic acids is 1. The van der Waals surface area contributed by atoms with Gasteiger partial charge in [0.1, 0.15) is 6.04 Å². The topological polar surface area (TPSA) is 66.5 Å². The number of fused-ring (bicyclic) bond motifs is 1. The van der Waals surface area contributed by atoms with Crippen molar-refractivity contribution < 1.29 is 13.2 Å². The summed E-state index contributed by atoms with van der Waals surface area (Å²) in [7, 11) is -3.39. The lowest BCUT2D eigenvalue weighted by Gasteiger charge is -2.30. The van der Waals surface area contributed by atoms with Gasteiger partial charge in [0.2, 0.25) is 15.9 Å². The largest absolute Gasteiger partial charge is 0.337 e. The highest BCUT2D eigenvalue weighted by molar-refractivity contribution is 7.98. The molecule has 1 aliphatic rings. The minimum atomic E-state index is -3.39. The van der Waals surface area contributed by atoms with Crippen LogP contribution in [0.3, 0.4) is 0 Å². The van der Waals surface area contributed by atoms with Gasteiger partial charge in [-0.25, -0.2) is 13.1 Å². The molecule has 1 aromatic rings. The molecule has 1 atom stereocenters. The Morgan fingerprint density at radius 1 is 1.55 bits per heavy atom. The molecule has 1 aromatic heterocycles. The van der Waals surface area contributed by atoms with Gasteiger partial charge < -0.3 is 4.90 Å². The van der Waals surface area contributed by atoms with Crippen molar-refractivity contribution in [2.75, 3.05) is 24.3 Å². The number of thiophene rings is 1. The van der Waals surface area contributed by atoms with Crippen LogP contribution in [0.5, 0.6) is 0 Å². The van der Waals surface area contributed by atoms with Crippen LogP contribution in [0, 0.1) is 0 Å². The van der Waals surface area contributed by atoms with Gasteiger partial charge in [0.05, 0.1) is 5.75 Å². The molecule has 0 bridgehead atoms. The Labute approximate surface area is 140 Å². The Balaban J connectivity index is 2.08. The second kappa shape index (κ2) is 7.81. The van der Waals surface area contributed by atoms with Gasteiger partial charge in [0.25, 0.3) is 0 Å². The summed E-state index contributed by atoms with van der Waals surface area (Å²) < 4.78 is 26.2. The molecule has 2 heterocycles. The van der Waals surface area contributed by atoms with E-state index in [0.717, 1.165) is 12.2 Å². The number of rotatable bonds is 7. The molecular formula is C14H22N2O3S3. The van der Waals surface area contributed by atoms with Crippen molar-refractivity contribution in [1.29, 1.82) is 0 Å². The summed E-state index contributed by atoms with van der Waals surface area (Å²) in [4.78, 5) is 15.8. The number of nitrogens with one attached hydrogen (secondary N) is 1. The predicted molar refractivity (Wildman–Crippen MR) is 92.8 cm³/mol. The van der Waals surface area contributed by atoms with E-state index >= 15 is 0 Å². The summed E-state index contributed by atoms with van der Waals surface area (Å²) in [6.07, 6.45) is 3.33. The zero-order valence-corrected chi connectivity index (χ0v) is 15.3. The first-order valence-corrected chi connectivity index (χ1v) is 11.2. The molecule has 22 heavy (non-hydrogen) atoms. The second-order valence-electron chi connectivity index (χ2n) is 5.23. The van der Waals surface area contributed by atoms with Gasteiger partial charge in [-0.1, -0.05) is 0 Å². The van der Waals surface area contributed by atoms with Crippen molar-refractivity contribution >= 4 is 39.0 Å². The van der Waals surface area contributed by atoms with Crippen LogP contribution in [0.15, 0.2) is 11.4 Å². The van der Waals surface area contributed by atoms with Gasteiger partial charge in [0, 0.05) is 18.0 Å². The van der Waals surface area contributed by atoms with E-state index in [4.69, 9.17) is 0 Å². The number of nitrogens with zero attached hydrogens (tertiary/aromatic N) is 1. The Morgan fingerprint density at radius 2 is 2.32 bits per heavy atom. The summed E-state index contributed by atoms with van der Waals surface area (Å²) >= 11 is 3.34. The van der Waals surface area contributed by atoms with Crippen LogP contribution in [0.25, 0.3) is 0 Å². The Hall–Kier alpha value is -0.570. The third-order valence-corrected chi connectivity index (χ3v) is 6.80. The predicted octanol–water partition coefficient (Wildman–Crippen LogP) is 1.69. The van der Waals surface area contributed by atoms with Gasteiger partial charge in [-0.2, -0.15) is 11.8 Å². The number of thioether (sulfide) groups is 1. The van der Waals surface area contributed by atoms with E-state index in [2.05, 4.69) is 4.72 Å². The number of sulfonamides is 1. The van der Waals surface area contributed by atoms with E-state index in [1.165, 1.54) is 10.4 Å².